The predicted molar refractivity (Wildman–Crippen MR) is 81.0 cm³/mol. The zero-order valence-electron chi connectivity index (χ0n) is 11.3. The molecule has 3 N–H and O–H groups in total. The SMILES string of the molecule is CC(C)N(C)CCCNc1cccnc1C(N)=S. The van der Waals surface area contributed by atoms with Crippen LogP contribution in [0.3, 0.4) is 0 Å². The van der Waals surface area contributed by atoms with Gasteiger partial charge in [-0.1, -0.05) is 12.2 Å². The third-order valence-corrected chi connectivity index (χ3v) is 3.12. The summed E-state index contributed by atoms with van der Waals surface area (Å²) in [5.74, 6) is 0. The molecule has 0 aliphatic rings. The number of anilines is 1. The Hall–Kier alpha value is -1.20. The average Bonchev–Trinajstić information content (AvgIpc) is 2.34. The summed E-state index contributed by atoms with van der Waals surface area (Å²) in [6.07, 6.45) is 2.77. The van der Waals surface area contributed by atoms with Crippen molar-refractivity contribution in [2.45, 2.75) is 26.3 Å². The molecule has 0 atom stereocenters. The first kappa shape index (κ1) is 14.9. The van der Waals surface area contributed by atoms with E-state index in [1.54, 1.807) is 6.20 Å². The van der Waals surface area contributed by atoms with Gasteiger partial charge in [0.15, 0.2) is 0 Å². The quantitative estimate of drug-likeness (QED) is 0.583. The first-order chi connectivity index (χ1) is 8.52. The maximum absolute atomic E-state index is 5.63. The molecule has 1 heterocycles. The van der Waals surface area contributed by atoms with Gasteiger partial charge in [0.1, 0.15) is 10.7 Å². The van der Waals surface area contributed by atoms with Crippen molar-refractivity contribution in [3.63, 3.8) is 0 Å². The predicted octanol–water partition coefficient (Wildman–Crippen LogP) is 1.86. The van der Waals surface area contributed by atoms with E-state index in [2.05, 4.69) is 36.1 Å². The highest BCUT2D eigenvalue weighted by Crippen LogP contribution is 2.11. The number of hydrogen-bond donors (Lipinski definition) is 2. The Morgan fingerprint density at radius 3 is 2.89 bits per heavy atom. The summed E-state index contributed by atoms with van der Waals surface area (Å²) in [7, 11) is 2.13. The Labute approximate surface area is 115 Å². The van der Waals surface area contributed by atoms with Crippen molar-refractivity contribution in [3.8, 4) is 0 Å². The largest absolute Gasteiger partial charge is 0.388 e. The summed E-state index contributed by atoms with van der Waals surface area (Å²) in [6, 6.07) is 4.41. The van der Waals surface area contributed by atoms with Crippen LogP contribution in [0, 0.1) is 0 Å². The van der Waals surface area contributed by atoms with Crippen LogP contribution in [-0.2, 0) is 0 Å². The van der Waals surface area contributed by atoms with E-state index in [1.165, 1.54) is 0 Å². The molecule has 0 fully saturated rings. The molecule has 1 aromatic heterocycles. The van der Waals surface area contributed by atoms with Crippen LogP contribution in [0.25, 0.3) is 0 Å². The standard InChI is InChI=1S/C13H22N4S/c1-10(2)17(3)9-5-8-15-11-6-4-7-16-12(11)13(14)18/h4,6-7,10,15H,5,8-9H2,1-3H3,(H2,14,18). The number of nitrogens with one attached hydrogen (secondary N) is 1. The third-order valence-electron chi connectivity index (χ3n) is 2.93. The van der Waals surface area contributed by atoms with E-state index in [1.807, 2.05) is 12.1 Å². The highest BCUT2D eigenvalue weighted by Gasteiger charge is 2.06. The van der Waals surface area contributed by atoms with Gasteiger partial charge in [0.25, 0.3) is 0 Å². The molecule has 5 heteroatoms. The Morgan fingerprint density at radius 2 is 2.28 bits per heavy atom. The second-order valence-corrected chi connectivity index (χ2v) is 5.06. The van der Waals surface area contributed by atoms with Gasteiger partial charge in [-0.3, -0.25) is 4.98 Å². The molecule has 0 radical (unpaired) electrons. The number of pyridine rings is 1. The van der Waals surface area contributed by atoms with Crippen molar-refractivity contribution in [2.75, 3.05) is 25.5 Å². The van der Waals surface area contributed by atoms with E-state index < -0.39 is 0 Å². The van der Waals surface area contributed by atoms with Crippen LogP contribution in [-0.4, -0.2) is 41.1 Å². The molecule has 0 amide bonds. The number of rotatable bonds is 7. The lowest BCUT2D eigenvalue weighted by atomic mass is 10.2. The number of hydrogen-bond acceptors (Lipinski definition) is 4. The highest BCUT2D eigenvalue weighted by atomic mass is 32.1. The van der Waals surface area contributed by atoms with Crippen LogP contribution >= 0.6 is 12.2 Å². The molecule has 1 rings (SSSR count). The van der Waals surface area contributed by atoms with Crippen molar-refractivity contribution in [2.24, 2.45) is 5.73 Å². The maximum atomic E-state index is 5.63. The van der Waals surface area contributed by atoms with Crippen LogP contribution in [0.1, 0.15) is 26.0 Å². The molecule has 0 aromatic carbocycles. The molecule has 0 aliphatic heterocycles. The summed E-state index contributed by atoms with van der Waals surface area (Å²) in [5, 5.41) is 3.33. The fraction of sp³-hybridized carbons (Fsp3) is 0.538. The molecule has 0 saturated heterocycles. The molecule has 0 spiro atoms. The Kier molecular flexibility index (Phi) is 6.01. The monoisotopic (exact) mass is 266 g/mol. The van der Waals surface area contributed by atoms with E-state index in [-0.39, 0.29) is 0 Å². The van der Waals surface area contributed by atoms with E-state index in [4.69, 9.17) is 18.0 Å². The van der Waals surface area contributed by atoms with E-state index in [0.717, 1.165) is 25.2 Å². The molecule has 0 bridgehead atoms. The van der Waals surface area contributed by atoms with Crippen molar-refractivity contribution >= 4 is 22.9 Å². The minimum atomic E-state index is 0.331. The van der Waals surface area contributed by atoms with Gasteiger partial charge in [-0.2, -0.15) is 0 Å². The number of aromatic nitrogens is 1. The summed E-state index contributed by atoms with van der Waals surface area (Å²) in [6.45, 7) is 6.34. The molecule has 0 aliphatic carbocycles. The Bertz CT molecular complexity index is 392. The minimum absolute atomic E-state index is 0.331. The molecule has 18 heavy (non-hydrogen) atoms. The Balaban J connectivity index is 2.42. The van der Waals surface area contributed by atoms with Crippen molar-refractivity contribution in [3.05, 3.63) is 24.0 Å². The third kappa shape index (κ3) is 4.58. The topological polar surface area (TPSA) is 54.2 Å². The van der Waals surface area contributed by atoms with Crippen LogP contribution in [0.15, 0.2) is 18.3 Å². The summed E-state index contributed by atoms with van der Waals surface area (Å²) in [4.78, 5) is 6.83. The van der Waals surface area contributed by atoms with Gasteiger partial charge in [-0.25, -0.2) is 0 Å². The summed E-state index contributed by atoms with van der Waals surface area (Å²) in [5.41, 5.74) is 7.21. The van der Waals surface area contributed by atoms with Gasteiger partial charge in [-0.15, -0.1) is 0 Å². The first-order valence-corrected chi connectivity index (χ1v) is 6.62. The molecular weight excluding hydrogens is 244 g/mol. The van der Waals surface area contributed by atoms with E-state index in [9.17, 15) is 0 Å². The number of nitrogens with zero attached hydrogens (tertiary/aromatic N) is 2. The van der Waals surface area contributed by atoms with Gasteiger partial charge in [-0.05, 0) is 46.0 Å². The highest BCUT2D eigenvalue weighted by molar-refractivity contribution is 7.80. The zero-order valence-corrected chi connectivity index (χ0v) is 12.1. The molecular formula is C13H22N4S. The molecule has 0 saturated carbocycles. The van der Waals surface area contributed by atoms with Gasteiger partial charge >= 0.3 is 0 Å². The van der Waals surface area contributed by atoms with Crippen molar-refractivity contribution in [1.29, 1.82) is 0 Å². The lowest BCUT2D eigenvalue weighted by molar-refractivity contribution is 0.273. The zero-order chi connectivity index (χ0) is 13.5. The Morgan fingerprint density at radius 1 is 1.56 bits per heavy atom. The van der Waals surface area contributed by atoms with Crippen LogP contribution in [0.4, 0.5) is 5.69 Å². The van der Waals surface area contributed by atoms with Crippen molar-refractivity contribution in [1.82, 2.24) is 9.88 Å². The average molecular weight is 266 g/mol. The van der Waals surface area contributed by atoms with Crippen molar-refractivity contribution < 1.29 is 0 Å². The fourth-order valence-electron chi connectivity index (χ4n) is 1.55. The second kappa shape index (κ2) is 7.28. The molecule has 0 unspecified atom stereocenters. The number of nitrogens with two attached hydrogens (primary N) is 1. The molecule has 1 aromatic rings. The van der Waals surface area contributed by atoms with Crippen LogP contribution in [0.2, 0.25) is 0 Å². The maximum Gasteiger partial charge on any atom is 0.124 e. The molecule has 4 nitrogen and oxygen atoms in total. The smallest absolute Gasteiger partial charge is 0.124 e. The van der Waals surface area contributed by atoms with Crippen LogP contribution in [0.5, 0.6) is 0 Å². The number of thiocarbonyl (C=S) groups is 1. The fourth-order valence-corrected chi connectivity index (χ4v) is 1.72. The first-order valence-electron chi connectivity index (χ1n) is 6.21. The lowest BCUT2D eigenvalue weighted by Crippen LogP contribution is -2.28. The second-order valence-electron chi connectivity index (χ2n) is 4.62. The van der Waals surface area contributed by atoms with Crippen LogP contribution < -0.4 is 11.1 Å². The summed E-state index contributed by atoms with van der Waals surface area (Å²) >= 11 is 4.97. The van der Waals surface area contributed by atoms with E-state index in [0.29, 0.717) is 16.7 Å². The minimum Gasteiger partial charge on any atom is -0.388 e. The normalized spacial score (nSPS) is 10.9. The van der Waals surface area contributed by atoms with Gasteiger partial charge < -0.3 is 16.0 Å². The van der Waals surface area contributed by atoms with Gasteiger partial charge in [0, 0.05) is 18.8 Å². The molecule has 100 valence electrons. The summed E-state index contributed by atoms with van der Waals surface area (Å²) < 4.78 is 0. The lowest BCUT2D eigenvalue weighted by Gasteiger charge is -2.21. The van der Waals surface area contributed by atoms with E-state index >= 15 is 0 Å². The van der Waals surface area contributed by atoms with Gasteiger partial charge in [0.2, 0.25) is 0 Å². The van der Waals surface area contributed by atoms with Gasteiger partial charge in [0.05, 0.1) is 5.69 Å².